The van der Waals surface area contributed by atoms with E-state index in [0.717, 1.165) is 38.3 Å². The van der Waals surface area contributed by atoms with Gasteiger partial charge in [0.2, 0.25) is 0 Å². The van der Waals surface area contributed by atoms with Gasteiger partial charge in [0.25, 0.3) is 0 Å². The van der Waals surface area contributed by atoms with Gasteiger partial charge >= 0.3 is 0 Å². The Morgan fingerprint density at radius 3 is 2.56 bits per heavy atom. The van der Waals surface area contributed by atoms with Crippen molar-refractivity contribution in [2.24, 2.45) is 0 Å². The van der Waals surface area contributed by atoms with E-state index in [1.165, 1.54) is 5.56 Å². The zero-order chi connectivity index (χ0) is 13.1. The van der Waals surface area contributed by atoms with Crippen molar-refractivity contribution in [1.29, 1.82) is 0 Å². The molecule has 0 bridgehead atoms. The van der Waals surface area contributed by atoms with Gasteiger partial charge in [0.15, 0.2) is 0 Å². The second-order valence-corrected chi connectivity index (χ2v) is 4.13. The van der Waals surface area contributed by atoms with Crippen LogP contribution in [0.3, 0.4) is 0 Å². The summed E-state index contributed by atoms with van der Waals surface area (Å²) in [4.78, 5) is 0. The number of benzene rings is 1. The SMILES string of the molecule is C=CCOc1ccc(CNCCCNCC)cc1. The molecule has 0 saturated carbocycles. The quantitative estimate of drug-likeness (QED) is 0.492. The number of hydrogen-bond acceptors (Lipinski definition) is 3. The van der Waals surface area contributed by atoms with Crippen LogP contribution in [0.2, 0.25) is 0 Å². The van der Waals surface area contributed by atoms with E-state index < -0.39 is 0 Å². The lowest BCUT2D eigenvalue weighted by molar-refractivity contribution is 0.363. The highest BCUT2D eigenvalue weighted by atomic mass is 16.5. The van der Waals surface area contributed by atoms with Crippen LogP contribution in [0.25, 0.3) is 0 Å². The van der Waals surface area contributed by atoms with Crippen LogP contribution in [0.15, 0.2) is 36.9 Å². The molecule has 0 amide bonds. The van der Waals surface area contributed by atoms with Gasteiger partial charge in [-0.1, -0.05) is 31.7 Å². The lowest BCUT2D eigenvalue weighted by Crippen LogP contribution is -2.21. The van der Waals surface area contributed by atoms with Crippen LogP contribution in [-0.4, -0.2) is 26.2 Å². The summed E-state index contributed by atoms with van der Waals surface area (Å²) in [5.41, 5.74) is 1.28. The first-order valence-corrected chi connectivity index (χ1v) is 6.61. The summed E-state index contributed by atoms with van der Waals surface area (Å²) in [5, 5.41) is 6.74. The third-order valence-corrected chi connectivity index (χ3v) is 2.58. The van der Waals surface area contributed by atoms with Crippen molar-refractivity contribution in [1.82, 2.24) is 10.6 Å². The Kier molecular flexibility index (Phi) is 7.93. The molecule has 0 radical (unpaired) electrons. The first-order valence-electron chi connectivity index (χ1n) is 6.61. The summed E-state index contributed by atoms with van der Waals surface area (Å²) in [6.45, 7) is 10.4. The maximum absolute atomic E-state index is 5.43. The highest BCUT2D eigenvalue weighted by molar-refractivity contribution is 5.27. The van der Waals surface area contributed by atoms with E-state index in [-0.39, 0.29) is 0 Å². The van der Waals surface area contributed by atoms with E-state index in [1.54, 1.807) is 6.08 Å². The average Bonchev–Trinajstić information content (AvgIpc) is 2.42. The van der Waals surface area contributed by atoms with Crippen LogP contribution in [0, 0.1) is 0 Å². The van der Waals surface area contributed by atoms with Crippen LogP contribution in [0.4, 0.5) is 0 Å². The molecular weight excluding hydrogens is 224 g/mol. The molecule has 0 aliphatic rings. The molecule has 0 saturated heterocycles. The third-order valence-electron chi connectivity index (χ3n) is 2.58. The summed E-state index contributed by atoms with van der Waals surface area (Å²) in [6, 6.07) is 8.18. The average molecular weight is 248 g/mol. The Morgan fingerprint density at radius 2 is 1.89 bits per heavy atom. The Morgan fingerprint density at radius 1 is 1.17 bits per heavy atom. The first kappa shape index (κ1) is 14.7. The molecular formula is C15H24N2O. The van der Waals surface area contributed by atoms with Crippen LogP contribution in [0.5, 0.6) is 5.75 Å². The zero-order valence-corrected chi connectivity index (χ0v) is 11.2. The van der Waals surface area contributed by atoms with Gasteiger partial charge < -0.3 is 15.4 Å². The number of ether oxygens (including phenoxy) is 1. The largest absolute Gasteiger partial charge is 0.490 e. The van der Waals surface area contributed by atoms with Gasteiger partial charge in [-0.25, -0.2) is 0 Å². The third kappa shape index (κ3) is 6.42. The summed E-state index contributed by atoms with van der Waals surface area (Å²) in [5.74, 6) is 0.894. The summed E-state index contributed by atoms with van der Waals surface area (Å²) < 4.78 is 5.43. The summed E-state index contributed by atoms with van der Waals surface area (Å²) in [7, 11) is 0. The fraction of sp³-hybridized carbons (Fsp3) is 0.467. The molecule has 18 heavy (non-hydrogen) atoms. The van der Waals surface area contributed by atoms with Crippen molar-refractivity contribution in [2.45, 2.75) is 19.9 Å². The lowest BCUT2D eigenvalue weighted by Gasteiger charge is -2.07. The van der Waals surface area contributed by atoms with E-state index in [9.17, 15) is 0 Å². The van der Waals surface area contributed by atoms with Crippen LogP contribution < -0.4 is 15.4 Å². The van der Waals surface area contributed by atoms with E-state index in [4.69, 9.17) is 4.74 Å². The first-order chi connectivity index (χ1) is 8.86. The van der Waals surface area contributed by atoms with Crippen molar-refractivity contribution in [2.75, 3.05) is 26.2 Å². The maximum atomic E-state index is 5.43. The molecule has 1 aromatic rings. The Bertz CT molecular complexity index is 322. The summed E-state index contributed by atoms with van der Waals surface area (Å²) in [6.07, 6.45) is 2.91. The molecule has 100 valence electrons. The molecule has 0 aliphatic carbocycles. The zero-order valence-electron chi connectivity index (χ0n) is 11.2. The number of nitrogens with one attached hydrogen (secondary N) is 2. The molecule has 0 fully saturated rings. The van der Waals surface area contributed by atoms with Crippen LogP contribution >= 0.6 is 0 Å². The molecule has 0 atom stereocenters. The van der Waals surface area contributed by atoms with Gasteiger partial charge in [-0.15, -0.1) is 0 Å². The smallest absolute Gasteiger partial charge is 0.119 e. The minimum Gasteiger partial charge on any atom is -0.490 e. The minimum absolute atomic E-state index is 0.558. The highest BCUT2D eigenvalue weighted by Gasteiger charge is 1.95. The van der Waals surface area contributed by atoms with Gasteiger partial charge in [-0.2, -0.15) is 0 Å². The number of rotatable bonds is 10. The van der Waals surface area contributed by atoms with Crippen molar-refractivity contribution < 1.29 is 4.74 Å². The Hall–Kier alpha value is -1.32. The predicted octanol–water partition coefficient (Wildman–Crippen LogP) is 2.34. The van der Waals surface area contributed by atoms with Gasteiger partial charge in [0, 0.05) is 6.54 Å². The van der Waals surface area contributed by atoms with Crippen LogP contribution in [-0.2, 0) is 6.54 Å². The molecule has 1 rings (SSSR count). The monoisotopic (exact) mass is 248 g/mol. The molecule has 0 heterocycles. The standard InChI is InChI=1S/C15H24N2O/c1-3-12-18-15-8-6-14(7-9-15)13-17-11-5-10-16-4-2/h3,6-9,16-17H,1,4-5,10-13H2,2H3. The topological polar surface area (TPSA) is 33.3 Å². The van der Waals surface area contributed by atoms with Crippen molar-refractivity contribution in [3.63, 3.8) is 0 Å². The Labute approximate surface area is 110 Å². The second-order valence-electron chi connectivity index (χ2n) is 4.13. The normalized spacial score (nSPS) is 10.3. The van der Waals surface area contributed by atoms with Gasteiger partial charge in [0.05, 0.1) is 0 Å². The number of hydrogen-bond donors (Lipinski definition) is 2. The molecule has 3 heteroatoms. The minimum atomic E-state index is 0.558. The fourth-order valence-corrected chi connectivity index (χ4v) is 1.61. The van der Waals surface area contributed by atoms with E-state index >= 15 is 0 Å². The predicted molar refractivity (Wildman–Crippen MR) is 77.0 cm³/mol. The van der Waals surface area contributed by atoms with Crippen molar-refractivity contribution >= 4 is 0 Å². The molecule has 2 N–H and O–H groups in total. The molecule has 0 unspecified atom stereocenters. The summed E-state index contributed by atoms with van der Waals surface area (Å²) >= 11 is 0. The van der Waals surface area contributed by atoms with E-state index in [2.05, 4.69) is 36.3 Å². The van der Waals surface area contributed by atoms with E-state index in [0.29, 0.717) is 6.61 Å². The van der Waals surface area contributed by atoms with Crippen LogP contribution in [0.1, 0.15) is 18.9 Å². The molecule has 3 nitrogen and oxygen atoms in total. The molecule has 0 aromatic heterocycles. The lowest BCUT2D eigenvalue weighted by atomic mass is 10.2. The highest BCUT2D eigenvalue weighted by Crippen LogP contribution is 2.11. The fourth-order valence-electron chi connectivity index (χ4n) is 1.61. The van der Waals surface area contributed by atoms with Gasteiger partial charge in [0.1, 0.15) is 12.4 Å². The maximum Gasteiger partial charge on any atom is 0.119 e. The van der Waals surface area contributed by atoms with Gasteiger partial charge in [-0.05, 0) is 43.8 Å². The molecule has 0 aliphatic heterocycles. The van der Waals surface area contributed by atoms with Crippen molar-refractivity contribution in [3.05, 3.63) is 42.5 Å². The van der Waals surface area contributed by atoms with E-state index in [1.807, 2.05) is 12.1 Å². The molecule has 0 spiro atoms. The Balaban J connectivity index is 2.16. The molecule has 1 aromatic carbocycles. The van der Waals surface area contributed by atoms with Gasteiger partial charge in [-0.3, -0.25) is 0 Å². The van der Waals surface area contributed by atoms with Crippen molar-refractivity contribution in [3.8, 4) is 5.75 Å². The second kappa shape index (κ2) is 9.68.